The minimum Gasteiger partial charge on any atom is -0.382 e. The molecular formula is C41H65N5O4. The summed E-state index contributed by atoms with van der Waals surface area (Å²) in [5.41, 5.74) is 11.3. The number of nitrogens with zero attached hydrogens (tertiary/aromatic N) is 3. The maximum Gasteiger partial charge on any atom is 0.234 e. The molecular weight excluding hydrogens is 626 g/mol. The van der Waals surface area contributed by atoms with Crippen LogP contribution in [0, 0.1) is 6.92 Å². The fraction of sp³-hybridized carbons (Fsp3) is 0.610. The highest BCUT2D eigenvalue weighted by Gasteiger charge is 2.46. The molecule has 1 aliphatic carbocycles. The summed E-state index contributed by atoms with van der Waals surface area (Å²) in [6.07, 6.45) is 12.2. The lowest BCUT2D eigenvalue weighted by Gasteiger charge is -2.33. The number of nitrogens with one attached hydrogen (secondary N) is 1. The van der Waals surface area contributed by atoms with E-state index in [0.717, 1.165) is 75.4 Å². The van der Waals surface area contributed by atoms with Gasteiger partial charge in [-0.05, 0) is 114 Å². The second-order valence-electron chi connectivity index (χ2n) is 14.4. The SMILES string of the molecule is C/C=C\N(C)C(CC)CNCC1(N(C)c2ccc(C=O)c(CN(C)C(CCC(C)OC)C(N)=O)c2)CC1.Cc1ccc(C2CCOCC2)cc1. The summed E-state index contributed by atoms with van der Waals surface area (Å²) in [6.45, 7) is 12.5. The Hall–Kier alpha value is -3.24. The molecule has 9 nitrogen and oxygen atoms in total. The van der Waals surface area contributed by atoms with E-state index in [2.05, 4.69) is 85.7 Å². The summed E-state index contributed by atoms with van der Waals surface area (Å²) in [5, 5.41) is 3.71. The first-order valence-electron chi connectivity index (χ1n) is 18.5. The Kier molecular flexibility index (Phi) is 16.9. The molecule has 2 aromatic carbocycles. The first-order valence-corrected chi connectivity index (χ1v) is 18.5. The molecule has 0 spiro atoms. The minimum atomic E-state index is -0.426. The van der Waals surface area contributed by atoms with E-state index in [0.29, 0.717) is 24.6 Å². The Morgan fingerprint density at radius 3 is 2.34 bits per heavy atom. The van der Waals surface area contributed by atoms with Gasteiger partial charge in [0.25, 0.3) is 0 Å². The Morgan fingerprint density at radius 2 is 1.78 bits per heavy atom. The number of anilines is 1. The van der Waals surface area contributed by atoms with Gasteiger partial charge in [-0.1, -0.05) is 42.8 Å². The van der Waals surface area contributed by atoms with Crippen LogP contribution in [0.15, 0.2) is 54.7 Å². The molecule has 0 radical (unpaired) electrons. The number of aryl methyl sites for hydroxylation is 1. The van der Waals surface area contributed by atoms with E-state index in [1.165, 1.54) is 24.0 Å². The van der Waals surface area contributed by atoms with Crippen molar-refractivity contribution in [2.75, 3.05) is 59.5 Å². The fourth-order valence-corrected chi connectivity index (χ4v) is 6.84. The van der Waals surface area contributed by atoms with E-state index in [9.17, 15) is 9.59 Å². The number of nitrogens with two attached hydrogens (primary N) is 1. The Balaban J connectivity index is 0.000000429. The number of benzene rings is 2. The van der Waals surface area contributed by atoms with Gasteiger partial charge in [0.1, 0.15) is 6.29 Å². The second-order valence-corrected chi connectivity index (χ2v) is 14.4. The molecule has 278 valence electrons. The number of primary amides is 1. The molecule has 2 aromatic rings. The van der Waals surface area contributed by atoms with Crippen molar-refractivity contribution in [3.63, 3.8) is 0 Å². The molecule has 2 aliphatic rings. The van der Waals surface area contributed by atoms with Crippen molar-refractivity contribution in [3.05, 3.63) is 77.0 Å². The number of amides is 1. The van der Waals surface area contributed by atoms with Crippen LogP contribution >= 0.6 is 0 Å². The van der Waals surface area contributed by atoms with E-state index < -0.39 is 6.04 Å². The number of aldehydes is 1. The molecule has 1 heterocycles. The Labute approximate surface area is 302 Å². The van der Waals surface area contributed by atoms with Gasteiger partial charge in [0.05, 0.1) is 17.7 Å². The monoisotopic (exact) mass is 692 g/mol. The van der Waals surface area contributed by atoms with Crippen molar-refractivity contribution in [1.82, 2.24) is 15.1 Å². The van der Waals surface area contributed by atoms with Crippen molar-refractivity contribution in [2.45, 2.75) is 109 Å². The van der Waals surface area contributed by atoms with Gasteiger partial charge in [0.2, 0.25) is 5.91 Å². The van der Waals surface area contributed by atoms with E-state index in [1.54, 1.807) is 7.11 Å². The van der Waals surface area contributed by atoms with Crippen LogP contribution in [0.5, 0.6) is 0 Å². The Bertz CT molecular complexity index is 1340. The predicted molar refractivity (Wildman–Crippen MR) is 206 cm³/mol. The number of hydrogen-bond donors (Lipinski definition) is 2. The van der Waals surface area contributed by atoms with Gasteiger partial charge < -0.3 is 30.3 Å². The summed E-state index contributed by atoms with van der Waals surface area (Å²) in [5.74, 6) is 0.370. The van der Waals surface area contributed by atoms with Crippen molar-refractivity contribution < 1.29 is 19.1 Å². The standard InChI is InChI=1S/C29H49N5O3.C12H16O/c1-8-16-32(4)25(9-2)18-31-21-29(14-15-29)34(6)26-12-11-23(20-35)24(17-26)19-33(5)27(28(30)36)13-10-22(3)37-7;1-10-2-4-11(5-3-10)12-6-8-13-9-7-12/h8,11-12,16-17,20,22,25,27,31H,9-10,13-15,18-19,21H2,1-7H3,(H2,30,36);2-5,12H,6-9H2,1H3/b16-8-;. The van der Waals surface area contributed by atoms with Gasteiger partial charge in [-0.15, -0.1) is 0 Å². The van der Waals surface area contributed by atoms with Crippen LogP contribution in [-0.4, -0.2) is 100 Å². The first kappa shape index (κ1) is 41.2. The quantitative estimate of drug-likeness (QED) is 0.166. The normalized spacial score (nSPS) is 17.5. The lowest BCUT2D eigenvalue weighted by Crippen LogP contribution is -2.46. The van der Waals surface area contributed by atoms with E-state index in [-0.39, 0.29) is 17.6 Å². The summed E-state index contributed by atoms with van der Waals surface area (Å²) < 4.78 is 10.7. The fourth-order valence-electron chi connectivity index (χ4n) is 6.84. The summed E-state index contributed by atoms with van der Waals surface area (Å²) in [7, 11) is 7.82. The predicted octanol–water partition coefficient (Wildman–Crippen LogP) is 6.29. The number of carbonyl (C=O) groups excluding carboxylic acids is 2. The molecule has 1 aliphatic heterocycles. The number of carbonyl (C=O) groups is 2. The van der Waals surface area contributed by atoms with E-state index >= 15 is 0 Å². The lowest BCUT2D eigenvalue weighted by atomic mass is 9.91. The molecule has 4 rings (SSSR count). The van der Waals surface area contributed by atoms with Gasteiger partial charge in [-0.3, -0.25) is 14.5 Å². The highest BCUT2D eigenvalue weighted by molar-refractivity contribution is 5.80. The van der Waals surface area contributed by atoms with Crippen LogP contribution in [0.2, 0.25) is 0 Å². The Morgan fingerprint density at radius 1 is 1.10 bits per heavy atom. The third kappa shape index (κ3) is 12.2. The largest absolute Gasteiger partial charge is 0.382 e. The minimum absolute atomic E-state index is 0.0530. The second kappa shape index (κ2) is 20.6. The highest BCUT2D eigenvalue weighted by Crippen LogP contribution is 2.43. The van der Waals surface area contributed by atoms with Gasteiger partial charge in [0.15, 0.2) is 0 Å². The van der Waals surface area contributed by atoms with Crippen LogP contribution in [0.4, 0.5) is 5.69 Å². The zero-order valence-corrected chi connectivity index (χ0v) is 32.1. The number of rotatable bonds is 19. The average Bonchev–Trinajstić information content (AvgIpc) is 3.91. The van der Waals surface area contributed by atoms with Gasteiger partial charge in [0, 0.05) is 71.3 Å². The zero-order valence-electron chi connectivity index (χ0n) is 32.1. The average molecular weight is 692 g/mol. The first-order chi connectivity index (χ1) is 24.0. The van der Waals surface area contributed by atoms with Crippen molar-refractivity contribution in [2.24, 2.45) is 5.73 Å². The molecule has 0 bridgehead atoms. The van der Waals surface area contributed by atoms with E-state index in [1.807, 2.05) is 37.9 Å². The summed E-state index contributed by atoms with van der Waals surface area (Å²) in [4.78, 5) is 30.6. The summed E-state index contributed by atoms with van der Waals surface area (Å²) >= 11 is 0. The molecule has 2 fully saturated rings. The number of likely N-dealkylation sites (N-methyl/N-ethyl adjacent to an activating group) is 3. The third-order valence-corrected chi connectivity index (χ3v) is 10.7. The molecule has 1 saturated heterocycles. The van der Waals surface area contributed by atoms with Crippen molar-refractivity contribution in [3.8, 4) is 0 Å². The number of methoxy groups -OCH3 is 1. The van der Waals surface area contributed by atoms with Crippen LogP contribution < -0.4 is 16.0 Å². The van der Waals surface area contributed by atoms with Crippen molar-refractivity contribution >= 4 is 17.9 Å². The molecule has 50 heavy (non-hydrogen) atoms. The van der Waals surface area contributed by atoms with Crippen LogP contribution in [0.25, 0.3) is 0 Å². The number of hydrogen-bond acceptors (Lipinski definition) is 8. The third-order valence-electron chi connectivity index (χ3n) is 10.7. The highest BCUT2D eigenvalue weighted by atomic mass is 16.5. The number of ether oxygens (including phenoxy) is 2. The van der Waals surface area contributed by atoms with Crippen LogP contribution in [0.1, 0.15) is 98.7 Å². The van der Waals surface area contributed by atoms with Gasteiger partial charge in [-0.2, -0.15) is 0 Å². The van der Waals surface area contributed by atoms with E-state index in [4.69, 9.17) is 15.2 Å². The molecule has 0 aromatic heterocycles. The van der Waals surface area contributed by atoms with Crippen LogP contribution in [-0.2, 0) is 20.8 Å². The van der Waals surface area contributed by atoms with Gasteiger partial charge in [-0.25, -0.2) is 0 Å². The molecule has 3 N–H and O–H groups in total. The maximum atomic E-state index is 12.2. The molecule has 1 saturated carbocycles. The topological polar surface area (TPSA) is 100 Å². The summed E-state index contributed by atoms with van der Waals surface area (Å²) in [6, 6.07) is 14.9. The van der Waals surface area contributed by atoms with Crippen molar-refractivity contribution in [1.29, 1.82) is 0 Å². The molecule has 1 amide bonds. The smallest absolute Gasteiger partial charge is 0.234 e. The van der Waals surface area contributed by atoms with Gasteiger partial charge >= 0.3 is 0 Å². The molecule has 3 atom stereocenters. The number of allylic oxidation sites excluding steroid dienone is 1. The maximum absolute atomic E-state index is 12.2. The molecule has 9 heteroatoms. The lowest BCUT2D eigenvalue weighted by molar-refractivity contribution is -0.123. The van der Waals surface area contributed by atoms with Crippen LogP contribution in [0.3, 0.4) is 0 Å². The molecule has 3 unspecified atom stereocenters. The zero-order chi connectivity index (χ0) is 36.7.